The average molecular weight is 443 g/mol. The highest BCUT2D eigenvalue weighted by atomic mass is 32.2. The minimum Gasteiger partial charge on any atom is -0.496 e. The van der Waals surface area contributed by atoms with Crippen LogP contribution in [-0.4, -0.2) is 39.2 Å². The molecule has 2 aromatic carbocycles. The number of fused-ring (bicyclic) bond motifs is 1. The molecule has 1 aliphatic rings. The fourth-order valence-electron chi connectivity index (χ4n) is 3.35. The molecule has 31 heavy (non-hydrogen) atoms. The van der Waals surface area contributed by atoms with E-state index >= 15 is 0 Å². The van der Waals surface area contributed by atoms with Crippen molar-refractivity contribution in [1.29, 1.82) is 0 Å². The summed E-state index contributed by atoms with van der Waals surface area (Å²) >= 11 is 0. The van der Waals surface area contributed by atoms with E-state index < -0.39 is 15.6 Å². The van der Waals surface area contributed by atoms with Crippen molar-refractivity contribution < 1.29 is 27.2 Å². The molecule has 3 aromatic rings. The van der Waals surface area contributed by atoms with Crippen LogP contribution in [0.25, 0.3) is 11.3 Å². The molecule has 1 aliphatic heterocycles. The molecule has 0 spiro atoms. The number of hydrogen-bond donors (Lipinski definition) is 1. The highest BCUT2D eigenvalue weighted by Crippen LogP contribution is 2.39. The van der Waals surface area contributed by atoms with Crippen molar-refractivity contribution in [3.8, 4) is 22.8 Å². The molecule has 0 fully saturated rings. The zero-order chi connectivity index (χ0) is 22.4. The van der Waals surface area contributed by atoms with Gasteiger partial charge in [0.15, 0.2) is 5.60 Å². The topological polar surface area (TPSA) is 111 Å². The van der Waals surface area contributed by atoms with Crippen molar-refractivity contribution in [2.24, 2.45) is 0 Å². The van der Waals surface area contributed by atoms with Crippen molar-refractivity contribution in [2.45, 2.75) is 24.3 Å². The summed E-state index contributed by atoms with van der Waals surface area (Å²) in [5, 5.41) is 3.93. The van der Waals surface area contributed by atoms with Gasteiger partial charge in [0.1, 0.15) is 17.2 Å². The van der Waals surface area contributed by atoms with Gasteiger partial charge in [-0.3, -0.25) is 4.79 Å². The number of aromatic nitrogens is 1. The van der Waals surface area contributed by atoms with Crippen molar-refractivity contribution in [3.05, 3.63) is 48.5 Å². The maximum atomic E-state index is 12.9. The Morgan fingerprint density at radius 3 is 2.61 bits per heavy atom. The summed E-state index contributed by atoms with van der Waals surface area (Å²) in [5.41, 5.74) is 0.468. The summed E-state index contributed by atoms with van der Waals surface area (Å²) in [4.78, 5) is 13.7. The van der Waals surface area contributed by atoms with Crippen LogP contribution >= 0.6 is 0 Å². The third-order valence-corrected chi connectivity index (χ3v) is 6.26. The molecule has 2 heterocycles. The van der Waals surface area contributed by atoms with Crippen LogP contribution in [-0.2, 0) is 14.8 Å². The van der Waals surface area contributed by atoms with E-state index in [9.17, 15) is 13.2 Å². The number of carbonyl (C=O) groups excluding carboxylic acids is 1. The Morgan fingerprint density at radius 2 is 1.87 bits per heavy atom. The van der Waals surface area contributed by atoms with E-state index in [1.807, 2.05) is 12.1 Å². The van der Waals surface area contributed by atoms with Gasteiger partial charge in [-0.25, -0.2) is 13.1 Å². The van der Waals surface area contributed by atoms with Gasteiger partial charge in [-0.1, -0.05) is 17.3 Å². The second-order valence-corrected chi connectivity index (χ2v) is 9.17. The number of amides is 1. The summed E-state index contributed by atoms with van der Waals surface area (Å²) < 4.78 is 44.4. The highest BCUT2D eigenvalue weighted by molar-refractivity contribution is 7.92. The van der Waals surface area contributed by atoms with Crippen molar-refractivity contribution in [2.75, 3.05) is 23.8 Å². The summed E-state index contributed by atoms with van der Waals surface area (Å²) in [5.74, 6) is 0.604. The van der Waals surface area contributed by atoms with Crippen LogP contribution in [0.3, 0.4) is 0 Å². The molecule has 1 aromatic heterocycles. The molecule has 4 rings (SSSR count). The molecule has 0 radical (unpaired) electrons. The van der Waals surface area contributed by atoms with Crippen LogP contribution in [0.2, 0.25) is 0 Å². The standard InChI is InChI=1S/C21H21N3O6S/c1-21(2)20(25)24(3)16-10-9-13(11-18(16)29-21)31(26,27)23-19-12-15(22-30-19)14-7-5-6-8-17(14)28-4/h5-12,23H,1-4H3. The van der Waals surface area contributed by atoms with Gasteiger partial charge in [0, 0.05) is 24.7 Å². The maximum absolute atomic E-state index is 12.9. The molecule has 0 bridgehead atoms. The predicted octanol–water partition coefficient (Wildman–Crippen LogP) is 3.28. The molecule has 0 saturated carbocycles. The number of nitrogens with zero attached hydrogens (tertiary/aromatic N) is 2. The number of ether oxygens (including phenoxy) is 2. The van der Waals surface area contributed by atoms with Gasteiger partial charge in [0.2, 0.25) is 5.88 Å². The number of carbonyl (C=O) groups is 1. The SMILES string of the molecule is COc1ccccc1-c1cc(NS(=O)(=O)c2ccc3c(c2)OC(C)(C)C(=O)N3C)on1. The van der Waals surface area contributed by atoms with E-state index in [4.69, 9.17) is 14.0 Å². The lowest BCUT2D eigenvalue weighted by molar-refractivity contribution is -0.132. The minimum atomic E-state index is -4.00. The Balaban J connectivity index is 1.62. The molecule has 0 aliphatic carbocycles. The second kappa shape index (κ2) is 7.31. The maximum Gasteiger partial charge on any atom is 0.270 e. The van der Waals surface area contributed by atoms with Crippen molar-refractivity contribution >= 4 is 27.5 Å². The molecule has 0 unspecified atom stereocenters. The molecule has 10 heteroatoms. The van der Waals surface area contributed by atoms with Crippen LogP contribution in [0.1, 0.15) is 13.8 Å². The Kier molecular flexibility index (Phi) is 4.89. The van der Waals surface area contributed by atoms with Gasteiger partial charge in [0.05, 0.1) is 17.7 Å². The zero-order valence-electron chi connectivity index (χ0n) is 17.4. The van der Waals surface area contributed by atoms with E-state index in [-0.39, 0.29) is 16.7 Å². The van der Waals surface area contributed by atoms with Gasteiger partial charge >= 0.3 is 0 Å². The molecule has 9 nitrogen and oxygen atoms in total. The highest BCUT2D eigenvalue weighted by Gasteiger charge is 2.39. The zero-order valence-corrected chi connectivity index (χ0v) is 18.2. The minimum absolute atomic E-state index is 0.0416. The smallest absolute Gasteiger partial charge is 0.270 e. The lowest BCUT2D eigenvalue weighted by atomic mass is 10.0. The molecule has 1 amide bonds. The van der Waals surface area contributed by atoms with E-state index in [0.29, 0.717) is 28.4 Å². The first-order valence-electron chi connectivity index (χ1n) is 9.36. The number of likely N-dealkylation sites (N-methyl/N-ethyl adjacent to an activating group) is 1. The number of nitrogens with one attached hydrogen (secondary N) is 1. The van der Waals surface area contributed by atoms with Gasteiger partial charge in [0.25, 0.3) is 15.9 Å². The first-order valence-corrected chi connectivity index (χ1v) is 10.8. The van der Waals surface area contributed by atoms with Crippen LogP contribution in [0.5, 0.6) is 11.5 Å². The fraction of sp³-hybridized carbons (Fsp3) is 0.238. The van der Waals surface area contributed by atoms with Gasteiger partial charge in [-0.15, -0.1) is 0 Å². The second-order valence-electron chi connectivity index (χ2n) is 7.49. The summed E-state index contributed by atoms with van der Waals surface area (Å²) in [7, 11) is -0.847. The van der Waals surface area contributed by atoms with E-state index in [2.05, 4.69) is 9.88 Å². The van der Waals surface area contributed by atoms with E-state index in [1.165, 1.54) is 36.3 Å². The Hall–Kier alpha value is -3.53. The monoisotopic (exact) mass is 443 g/mol. The molecular weight excluding hydrogens is 422 g/mol. The van der Waals surface area contributed by atoms with Crippen molar-refractivity contribution in [1.82, 2.24) is 5.16 Å². The number of anilines is 2. The number of para-hydroxylation sites is 1. The Bertz CT molecular complexity index is 1270. The van der Waals surface area contributed by atoms with Crippen molar-refractivity contribution in [3.63, 3.8) is 0 Å². The third kappa shape index (κ3) is 3.70. The first-order chi connectivity index (χ1) is 14.6. The summed E-state index contributed by atoms with van der Waals surface area (Å²) in [6, 6.07) is 12.9. The van der Waals surface area contributed by atoms with Gasteiger partial charge in [-0.05, 0) is 38.1 Å². The van der Waals surface area contributed by atoms with E-state index in [1.54, 1.807) is 33.0 Å². The summed E-state index contributed by atoms with van der Waals surface area (Å²) in [6.07, 6.45) is 0. The Morgan fingerprint density at radius 1 is 1.13 bits per heavy atom. The van der Waals surface area contributed by atoms with Crippen LogP contribution in [0, 0.1) is 0 Å². The third-order valence-electron chi connectivity index (χ3n) is 4.92. The normalized spacial score (nSPS) is 15.2. The van der Waals surface area contributed by atoms with Crippen LogP contribution in [0.4, 0.5) is 11.6 Å². The summed E-state index contributed by atoms with van der Waals surface area (Å²) in [6.45, 7) is 3.25. The number of methoxy groups -OCH3 is 1. The molecule has 1 N–H and O–H groups in total. The fourth-order valence-corrected chi connectivity index (χ4v) is 4.34. The number of benzene rings is 2. The number of hydrogen-bond acceptors (Lipinski definition) is 7. The van der Waals surface area contributed by atoms with Crippen LogP contribution in [0.15, 0.2) is 57.9 Å². The first kappa shape index (κ1) is 20.7. The van der Waals surface area contributed by atoms with Gasteiger partial charge < -0.3 is 18.9 Å². The lowest BCUT2D eigenvalue weighted by Crippen LogP contribution is -2.50. The van der Waals surface area contributed by atoms with E-state index in [0.717, 1.165) is 0 Å². The van der Waals surface area contributed by atoms with Gasteiger partial charge in [-0.2, -0.15) is 0 Å². The quantitative estimate of drug-likeness (QED) is 0.644. The number of sulfonamides is 1. The molecule has 0 atom stereocenters. The predicted molar refractivity (Wildman–Crippen MR) is 114 cm³/mol. The molecule has 162 valence electrons. The molecule has 0 saturated heterocycles. The largest absolute Gasteiger partial charge is 0.496 e. The lowest BCUT2D eigenvalue weighted by Gasteiger charge is -2.36. The molecular formula is C21H21N3O6S. The number of rotatable bonds is 5. The Labute approximate surface area is 179 Å². The average Bonchev–Trinajstić information content (AvgIpc) is 3.19. The van der Waals surface area contributed by atoms with Crippen LogP contribution < -0.4 is 19.1 Å².